The third-order valence-electron chi connectivity index (χ3n) is 6.86. The van der Waals surface area contributed by atoms with Crippen LogP contribution in [0.15, 0.2) is 75.4 Å². The van der Waals surface area contributed by atoms with Crippen molar-refractivity contribution in [2.24, 2.45) is 5.10 Å². The molecule has 12 nitrogen and oxygen atoms in total. The molecule has 2 aliphatic heterocycles. The number of benzene rings is 3. The maximum Gasteiger partial charge on any atom is 0.338 e. The molecule has 1 atom stereocenters. The number of rotatable bonds is 12. The van der Waals surface area contributed by atoms with Gasteiger partial charge < -0.3 is 39.1 Å². The van der Waals surface area contributed by atoms with E-state index in [4.69, 9.17) is 40.6 Å². The summed E-state index contributed by atoms with van der Waals surface area (Å²) in [7, 11) is 1.54. The second kappa shape index (κ2) is 15.0. The Kier molecular flexibility index (Phi) is 10.6. The number of ether oxygens (including phenoxy) is 6. The van der Waals surface area contributed by atoms with E-state index >= 15 is 0 Å². The molecule has 3 aromatic carbocycles. The first-order chi connectivity index (χ1) is 22.3. The first-order valence-corrected chi connectivity index (χ1v) is 15.3. The Morgan fingerprint density at radius 1 is 1.09 bits per heavy atom. The molecule has 0 aromatic heterocycles. The Hall–Kier alpha value is -4.82. The van der Waals surface area contributed by atoms with Crippen molar-refractivity contribution in [3.8, 4) is 28.7 Å². The van der Waals surface area contributed by atoms with Gasteiger partial charge in [0.2, 0.25) is 6.79 Å². The molecule has 3 aromatic rings. The zero-order valence-corrected chi connectivity index (χ0v) is 27.6. The number of hydrazone groups is 1. The fourth-order valence-electron chi connectivity index (χ4n) is 4.72. The highest BCUT2D eigenvalue weighted by Crippen LogP contribution is 2.36. The first-order valence-electron chi connectivity index (χ1n) is 14.1. The third kappa shape index (κ3) is 7.69. The average Bonchev–Trinajstić information content (AvgIpc) is 3.51. The van der Waals surface area contributed by atoms with E-state index in [-0.39, 0.29) is 26.6 Å². The number of fused-ring (bicyclic) bond motifs is 1. The molecule has 14 heteroatoms. The lowest BCUT2D eigenvalue weighted by Crippen LogP contribution is -2.45. The van der Waals surface area contributed by atoms with Gasteiger partial charge in [-0.2, -0.15) is 5.10 Å². The van der Waals surface area contributed by atoms with Gasteiger partial charge in [0.1, 0.15) is 12.4 Å². The van der Waals surface area contributed by atoms with Crippen molar-refractivity contribution in [3.05, 3.63) is 87.0 Å². The standard InChI is InChI=1S/C32H31BrN4O8S/c1-4-41-31(39)29-18(2)35-32(46)36-30(29)21-7-5-6-8-23(21)43-16-28(38)37-34-14-20-12-25(40-3)27(13-22(20)33)42-15-19-9-10-24-26(11-19)45-17-44-24/h5-14,30H,4,15-17H2,1-3H3,(H,37,38)(H2,35,36,46)/t30-/m0/s1. The monoisotopic (exact) mass is 710 g/mol. The minimum Gasteiger partial charge on any atom is -0.493 e. The number of halogens is 1. The lowest BCUT2D eigenvalue weighted by atomic mass is 9.95. The molecule has 0 aliphatic carbocycles. The Morgan fingerprint density at radius 2 is 1.89 bits per heavy atom. The van der Waals surface area contributed by atoms with Crippen LogP contribution in [0.25, 0.3) is 0 Å². The number of amides is 1. The van der Waals surface area contributed by atoms with Gasteiger partial charge in [-0.1, -0.05) is 24.3 Å². The number of carbonyl (C=O) groups excluding carboxylic acids is 2. The molecule has 2 aliphatic rings. The lowest BCUT2D eigenvalue weighted by molar-refractivity contribution is -0.139. The van der Waals surface area contributed by atoms with E-state index < -0.39 is 17.9 Å². The van der Waals surface area contributed by atoms with Gasteiger partial charge >= 0.3 is 5.97 Å². The van der Waals surface area contributed by atoms with Gasteiger partial charge in [-0.3, -0.25) is 4.79 Å². The number of para-hydroxylation sites is 1. The zero-order valence-electron chi connectivity index (χ0n) is 25.2. The number of hydrogen-bond acceptors (Lipinski definition) is 10. The van der Waals surface area contributed by atoms with E-state index in [1.165, 1.54) is 13.3 Å². The van der Waals surface area contributed by atoms with Crippen molar-refractivity contribution >= 4 is 51.4 Å². The SMILES string of the molecule is CCOC(=O)C1=C(C)NC(=S)N[C@H]1c1ccccc1OCC(=O)NN=Cc1cc(OC)c(OCc2ccc3c(c2)OCO3)cc1Br. The fraction of sp³-hybridized carbons (Fsp3) is 0.250. The average molecular weight is 712 g/mol. The maximum absolute atomic E-state index is 12.8. The number of thiocarbonyl (C=S) groups is 1. The van der Waals surface area contributed by atoms with Gasteiger partial charge in [0.15, 0.2) is 34.7 Å². The Balaban J connectivity index is 1.20. The number of esters is 1. The summed E-state index contributed by atoms with van der Waals surface area (Å²) >= 11 is 8.85. The summed E-state index contributed by atoms with van der Waals surface area (Å²) in [6.07, 6.45) is 1.47. The van der Waals surface area contributed by atoms with Crippen LogP contribution in [0.1, 0.15) is 36.6 Å². The molecule has 0 fully saturated rings. The Morgan fingerprint density at radius 3 is 2.70 bits per heavy atom. The van der Waals surface area contributed by atoms with E-state index in [0.29, 0.717) is 60.7 Å². The van der Waals surface area contributed by atoms with Gasteiger partial charge in [-0.15, -0.1) is 0 Å². The molecular formula is C32H31BrN4O8S. The van der Waals surface area contributed by atoms with Crippen molar-refractivity contribution < 1.29 is 38.0 Å². The van der Waals surface area contributed by atoms with Crippen LogP contribution in [0.3, 0.4) is 0 Å². The summed E-state index contributed by atoms with van der Waals surface area (Å²) in [6.45, 7) is 3.85. The van der Waals surface area contributed by atoms with Gasteiger partial charge in [0.25, 0.3) is 5.91 Å². The number of nitrogens with zero attached hydrogens (tertiary/aromatic N) is 1. The van der Waals surface area contributed by atoms with Crippen LogP contribution in [0.2, 0.25) is 0 Å². The van der Waals surface area contributed by atoms with Crippen molar-refractivity contribution in [2.45, 2.75) is 26.5 Å². The van der Waals surface area contributed by atoms with Crippen LogP contribution in [0.5, 0.6) is 28.7 Å². The molecule has 2 heterocycles. The summed E-state index contributed by atoms with van der Waals surface area (Å²) in [5.74, 6) is 1.78. The molecule has 0 spiro atoms. The topological polar surface area (TPSA) is 138 Å². The normalized spacial score (nSPS) is 15.2. The van der Waals surface area contributed by atoms with Crippen molar-refractivity contribution in [2.75, 3.05) is 27.1 Å². The first kappa shape index (κ1) is 32.6. The molecule has 0 unspecified atom stereocenters. The molecule has 0 bridgehead atoms. The van der Waals surface area contributed by atoms with Crippen molar-refractivity contribution in [1.82, 2.24) is 16.1 Å². The summed E-state index contributed by atoms with van der Waals surface area (Å²) < 4.78 is 34.1. The van der Waals surface area contributed by atoms with Crippen LogP contribution in [-0.4, -0.2) is 50.3 Å². The highest BCUT2D eigenvalue weighted by Gasteiger charge is 2.32. The highest BCUT2D eigenvalue weighted by molar-refractivity contribution is 9.10. The number of allylic oxidation sites excluding steroid dienone is 1. The molecule has 1 amide bonds. The quantitative estimate of drug-likeness (QED) is 0.105. The molecular weight excluding hydrogens is 680 g/mol. The number of methoxy groups -OCH3 is 1. The smallest absolute Gasteiger partial charge is 0.338 e. The van der Waals surface area contributed by atoms with Gasteiger partial charge in [-0.25, -0.2) is 10.2 Å². The molecule has 3 N–H and O–H groups in total. The number of carbonyl (C=O) groups is 2. The second-order valence-corrected chi connectivity index (χ2v) is 11.2. The van der Waals surface area contributed by atoms with Crippen LogP contribution >= 0.6 is 28.1 Å². The third-order valence-corrected chi connectivity index (χ3v) is 7.77. The Bertz CT molecular complexity index is 1710. The summed E-state index contributed by atoms with van der Waals surface area (Å²) in [6, 6.07) is 15.5. The van der Waals surface area contributed by atoms with Crippen LogP contribution in [0, 0.1) is 0 Å². The molecule has 240 valence electrons. The van der Waals surface area contributed by atoms with E-state index in [0.717, 1.165) is 5.56 Å². The minimum atomic E-state index is -0.638. The van der Waals surface area contributed by atoms with Crippen LogP contribution < -0.4 is 39.7 Å². The van der Waals surface area contributed by atoms with E-state index in [2.05, 4.69) is 37.1 Å². The number of hydrogen-bond donors (Lipinski definition) is 3. The largest absolute Gasteiger partial charge is 0.493 e. The van der Waals surface area contributed by atoms with Crippen molar-refractivity contribution in [1.29, 1.82) is 0 Å². The highest BCUT2D eigenvalue weighted by atomic mass is 79.9. The van der Waals surface area contributed by atoms with Crippen LogP contribution in [-0.2, 0) is 20.9 Å². The molecule has 0 saturated heterocycles. The summed E-state index contributed by atoms with van der Waals surface area (Å²) in [4.78, 5) is 25.4. The van der Waals surface area contributed by atoms with E-state index in [1.807, 2.05) is 18.2 Å². The molecule has 0 saturated carbocycles. The summed E-state index contributed by atoms with van der Waals surface area (Å²) in [5.41, 5.74) is 5.56. The number of nitrogens with one attached hydrogen (secondary N) is 3. The van der Waals surface area contributed by atoms with Gasteiger partial charge in [-0.05, 0) is 77.9 Å². The maximum atomic E-state index is 12.8. The predicted octanol–water partition coefficient (Wildman–Crippen LogP) is 4.65. The Labute approximate surface area is 279 Å². The van der Waals surface area contributed by atoms with Crippen molar-refractivity contribution in [3.63, 3.8) is 0 Å². The molecule has 5 rings (SSSR count). The predicted molar refractivity (Wildman–Crippen MR) is 176 cm³/mol. The fourth-order valence-corrected chi connectivity index (χ4v) is 5.42. The summed E-state index contributed by atoms with van der Waals surface area (Å²) in [5, 5.41) is 10.5. The van der Waals surface area contributed by atoms with E-state index in [1.54, 1.807) is 50.2 Å². The zero-order chi connectivity index (χ0) is 32.6. The van der Waals surface area contributed by atoms with Crippen LogP contribution in [0.4, 0.5) is 0 Å². The van der Waals surface area contributed by atoms with Gasteiger partial charge in [0.05, 0.1) is 31.5 Å². The molecule has 46 heavy (non-hydrogen) atoms. The van der Waals surface area contributed by atoms with Gasteiger partial charge in [0, 0.05) is 21.3 Å². The van der Waals surface area contributed by atoms with E-state index in [9.17, 15) is 9.59 Å². The minimum absolute atomic E-state index is 0.202. The lowest BCUT2D eigenvalue weighted by Gasteiger charge is -2.30. The molecule has 0 radical (unpaired) electrons. The second-order valence-electron chi connectivity index (χ2n) is 9.91.